The van der Waals surface area contributed by atoms with Gasteiger partial charge in [0.2, 0.25) is 10.0 Å². The van der Waals surface area contributed by atoms with E-state index in [0.29, 0.717) is 4.79 Å². The molecule has 0 aliphatic carbocycles. The summed E-state index contributed by atoms with van der Waals surface area (Å²) >= 11 is 0. The molecular formula is C12H15N5O5S. The van der Waals surface area contributed by atoms with E-state index in [9.17, 15) is 18.0 Å². The minimum atomic E-state index is -3.70. The van der Waals surface area contributed by atoms with Crippen LogP contribution in [0, 0.1) is 0 Å². The maximum absolute atomic E-state index is 12.3. The maximum atomic E-state index is 12.3. The molecule has 0 bridgehead atoms. The Kier molecular flexibility index (Phi) is 4.61. The van der Waals surface area contributed by atoms with Gasteiger partial charge in [0.15, 0.2) is 0 Å². The van der Waals surface area contributed by atoms with Gasteiger partial charge in [0.05, 0.1) is 16.9 Å². The highest BCUT2D eigenvalue weighted by Gasteiger charge is 2.19. The van der Waals surface area contributed by atoms with Crippen molar-refractivity contribution in [3.63, 3.8) is 0 Å². The molecular weight excluding hydrogens is 326 g/mol. The number of sulfonamides is 1. The van der Waals surface area contributed by atoms with Crippen molar-refractivity contribution >= 4 is 27.0 Å². The molecule has 11 heteroatoms. The van der Waals surface area contributed by atoms with Crippen LogP contribution in [0.15, 0.2) is 27.9 Å². The van der Waals surface area contributed by atoms with E-state index >= 15 is 0 Å². The second-order valence-electron chi connectivity index (χ2n) is 4.61. The van der Waals surface area contributed by atoms with Gasteiger partial charge in [-0.15, -0.1) is 9.89 Å². The SMILES string of the molecule is CCOC(=O)Nn1nnc2ccc(S(=O)(=O)N(C)C)cc2c1=O. The van der Waals surface area contributed by atoms with E-state index in [1.54, 1.807) is 6.92 Å². The number of nitrogens with zero attached hydrogens (tertiary/aromatic N) is 4. The Morgan fingerprint density at radius 2 is 2.09 bits per heavy atom. The Morgan fingerprint density at radius 3 is 2.70 bits per heavy atom. The molecule has 0 aliphatic heterocycles. The van der Waals surface area contributed by atoms with E-state index in [0.717, 1.165) is 4.31 Å². The van der Waals surface area contributed by atoms with Crippen molar-refractivity contribution < 1.29 is 17.9 Å². The zero-order valence-corrected chi connectivity index (χ0v) is 13.5. The molecule has 0 saturated carbocycles. The first-order valence-electron chi connectivity index (χ1n) is 6.53. The zero-order chi connectivity index (χ0) is 17.2. The number of carbonyl (C=O) groups excluding carboxylic acids is 1. The van der Waals surface area contributed by atoms with E-state index in [-0.39, 0.29) is 22.4 Å². The predicted molar refractivity (Wildman–Crippen MR) is 81.1 cm³/mol. The molecule has 2 aromatic rings. The molecule has 0 aliphatic rings. The lowest BCUT2D eigenvalue weighted by Crippen LogP contribution is -2.36. The number of rotatable bonds is 4. The number of hydrogen-bond donors (Lipinski definition) is 1. The van der Waals surface area contributed by atoms with Crippen LogP contribution in [0.25, 0.3) is 10.9 Å². The van der Waals surface area contributed by atoms with Gasteiger partial charge in [0.1, 0.15) is 5.52 Å². The Balaban J connectivity index is 2.55. The van der Waals surface area contributed by atoms with Crippen LogP contribution in [-0.2, 0) is 14.8 Å². The lowest BCUT2D eigenvalue weighted by Gasteiger charge is -2.12. The summed E-state index contributed by atoms with van der Waals surface area (Å²) in [4.78, 5) is 24.2. The molecule has 10 nitrogen and oxygen atoms in total. The molecule has 0 atom stereocenters. The van der Waals surface area contributed by atoms with Crippen molar-refractivity contribution in [3.05, 3.63) is 28.6 Å². The average Bonchev–Trinajstić information content (AvgIpc) is 2.50. The summed E-state index contributed by atoms with van der Waals surface area (Å²) in [6.07, 6.45) is -0.875. The fourth-order valence-corrected chi connectivity index (χ4v) is 2.64. The molecule has 1 amide bonds. The Bertz CT molecular complexity index is 906. The molecule has 124 valence electrons. The van der Waals surface area contributed by atoms with E-state index in [4.69, 9.17) is 0 Å². The molecule has 0 unspecified atom stereocenters. The fraction of sp³-hybridized carbons (Fsp3) is 0.333. The fourth-order valence-electron chi connectivity index (χ4n) is 1.72. The van der Waals surface area contributed by atoms with Crippen LogP contribution in [-0.4, -0.2) is 54.6 Å². The van der Waals surface area contributed by atoms with Gasteiger partial charge in [0, 0.05) is 14.1 Å². The number of fused-ring (bicyclic) bond motifs is 1. The smallest absolute Gasteiger partial charge is 0.427 e. The summed E-state index contributed by atoms with van der Waals surface area (Å²) in [6, 6.07) is 3.88. The first kappa shape index (κ1) is 16.8. The summed E-state index contributed by atoms with van der Waals surface area (Å²) in [5, 5.41) is 7.30. The number of ether oxygens (including phenoxy) is 1. The highest BCUT2D eigenvalue weighted by atomic mass is 32.2. The Labute approximate surface area is 131 Å². The first-order chi connectivity index (χ1) is 10.8. The van der Waals surface area contributed by atoms with Gasteiger partial charge in [-0.2, -0.15) is 0 Å². The number of aromatic nitrogens is 3. The van der Waals surface area contributed by atoms with Gasteiger partial charge < -0.3 is 4.74 Å². The quantitative estimate of drug-likeness (QED) is 0.812. The standard InChI is InChI=1S/C12H15N5O5S/c1-4-22-12(19)14-17-11(18)9-7-8(23(20,21)16(2)3)5-6-10(9)13-15-17/h5-7H,4H2,1-3H3,(H,14,19). The second-order valence-corrected chi connectivity index (χ2v) is 6.76. The average molecular weight is 341 g/mol. The summed E-state index contributed by atoms with van der Waals surface area (Å²) < 4.78 is 29.9. The predicted octanol–water partition coefficient (Wildman–Crippen LogP) is -0.258. The molecule has 1 aromatic heterocycles. The van der Waals surface area contributed by atoms with Crippen molar-refractivity contribution in [3.8, 4) is 0 Å². The minimum absolute atomic E-state index is 0.000256. The lowest BCUT2D eigenvalue weighted by atomic mass is 10.2. The number of hydrogen-bond acceptors (Lipinski definition) is 7. The third-order valence-electron chi connectivity index (χ3n) is 2.88. The van der Waals surface area contributed by atoms with Gasteiger partial charge in [-0.25, -0.2) is 22.9 Å². The van der Waals surface area contributed by atoms with Crippen LogP contribution in [0.5, 0.6) is 0 Å². The molecule has 23 heavy (non-hydrogen) atoms. The monoisotopic (exact) mass is 341 g/mol. The molecule has 0 radical (unpaired) electrons. The van der Waals surface area contributed by atoms with Crippen LogP contribution < -0.4 is 11.0 Å². The molecule has 2 rings (SSSR count). The molecule has 1 heterocycles. The third-order valence-corrected chi connectivity index (χ3v) is 4.69. The van der Waals surface area contributed by atoms with Crippen molar-refractivity contribution in [2.75, 3.05) is 26.1 Å². The number of amides is 1. The minimum Gasteiger partial charge on any atom is -0.449 e. The topological polar surface area (TPSA) is 123 Å². The molecule has 0 fully saturated rings. The van der Waals surface area contributed by atoms with Crippen molar-refractivity contribution in [1.29, 1.82) is 0 Å². The summed E-state index contributed by atoms with van der Waals surface area (Å²) in [5.41, 5.74) is 1.57. The van der Waals surface area contributed by atoms with Crippen molar-refractivity contribution in [1.82, 2.24) is 19.4 Å². The largest absolute Gasteiger partial charge is 0.449 e. The number of nitrogens with one attached hydrogen (secondary N) is 1. The second kappa shape index (κ2) is 6.30. The lowest BCUT2D eigenvalue weighted by molar-refractivity contribution is 0.163. The van der Waals surface area contributed by atoms with Crippen molar-refractivity contribution in [2.24, 2.45) is 0 Å². The summed E-state index contributed by atoms with van der Waals surface area (Å²) in [5.74, 6) is 0. The molecule has 0 saturated heterocycles. The Hall–Kier alpha value is -2.53. The molecule has 0 spiro atoms. The first-order valence-corrected chi connectivity index (χ1v) is 7.97. The van der Waals surface area contributed by atoms with E-state index in [2.05, 4.69) is 20.5 Å². The van der Waals surface area contributed by atoms with Crippen LogP contribution in [0.3, 0.4) is 0 Å². The van der Waals surface area contributed by atoms with E-state index in [1.165, 1.54) is 32.3 Å². The number of carbonyl (C=O) groups is 1. The van der Waals surface area contributed by atoms with Gasteiger partial charge in [-0.05, 0) is 30.3 Å². The summed E-state index contributed by atoms with van der Waals surface area (Å²) in [6.45, 7) is 1.72. The number of benzene rings is 1. The van der Waals surface area contributed by atoms with Gasteiger partial charge in [-0.1, -0.05) is 0 Å². The van der Waals surface area contributed by atoms with Crippen LogP contribution in [0.4, 0.5) is 4.79 Å². The van der Waals surface area contributed by atoms with Crippen LogP contribution in [0.1, 0.15) is 6.92 Å². The highest BCUT2D eigenvalue weighted by Crippen LogP contribution is 2.16. The van der Waals surface area contributed by atoms with E-state index in [1.807, 2.05) is 0 Å². The Morgan fingerprint density at radius 1 is 1.39 bits per heavy atom. The third kappa shape index (κ3) is 3.29. The molecule has 1 N–H and O–H groups in total. The van der Waals surface area contributed by atoms with Crippen molar-refractivity contribution in [2.45, 2.75) is 11.8 Å². The highest BCUT2D eigenvalue weighted by molar-refractivity contribution is 7.89. The van der Waals surface area contributed by atoms with Gasteiger partial charge in [0.25, 0.3) is 5.56 Å². The normalized spacial score (nSPS) is 11.7. The zero-order valence-electron chi connectivity index (χ0n) is 12.7. The maximum Gasteiger partial charge on any atom is 0.427 e. The van der Waals surface area contributed by atoms with Crippen LogP contribution >= 0.6 is 0 Å². The van der Waals surface area contributed by atoms with Gasteiger partial charge >= 0.3 is 6.09 Å². The summed E-state index contributed by atoms with van der Waals surface area (Å²) in [7, 11) is -0.945. The van der Waals surface area contributed by atoms with Gasteiger partial charge in [-0.3, -0.25) is 4.79 Å². The van der Waals surface area contributed by atoms with Crippen LogP contribution in [0.2, 0.25) is 0 Å². The molecule has 1 aromatic carbocycles. The van der Waals surface area contributed by atoms with E-state index < -0.39 is 21.7 Å².